The molecule has 98 valence electrons. The molecule has 1 N–H and O–H groups in total. The maximum absolute atomic E-state index is 5.02. The van der Waals surface area contributed by atoms with Gasteiger partial charge in [-0.1, -0.05) is 13.3 Å². The molecule has 0 saturated carbocycles. The van der Waals surface area contributed by atoms with E-state index < -0.39 is 0 Å². The second-order valence-electron chi connectivity index (χ2n) is 4.46. The average molecular weight is 239 g/mol. The third-order valence-electron chi connectivity index (χ3n) is 3.22. The lowest BCUT2D eigenvalue weighted by atomic mass is 9.99. The molecule has 1 unspecified atom stereocenters. The first-order chi connectivity index (χ1) is 8.27. The first kappa shape index (κ1) is 14.2. The highest BCUT2D eigenvalue weighted by molar-refractivity contribution is 5.00. The van der Waals surface area contributed by atoms with Crippen LogP contribution in [0.3, 0.4) is 0 Å². The number of nitrogens with one attached hydrogen (secondary N) is 1. The Kier molecular flexibility index (Phi) is 6.89. The van der Waals surface area contributed by atoms with E-state index in [2.05, 4.69) is 23.4 Å². The minimum Gasteiger partial charge on any atom is -0.383 e. The molecule has 0 spiro atoms. The Morgan fingerprint density at radius 2 is 2.35 bits per heavy atom. The molecule has 0 fully saturated rings. The van der Waals surface area contributed by atoms with E-state index >= 15 is 0 Å². The van der Waals surface area contributed by atoms with Crippen LogP contribution in [0.5, 0.6) is 0 Å². The van der Waals surface area contributed by atoms with Gasteiger partial charge in [-0.2, -0.15) is 5.10 Å². The van der Waals surface area contributed by atoms with Crippen LogP contribution in [-0.4, -0.2) is 36.6 Å². The summed E-state index contributed by atoms with van der Waals surface area (Å²) in [6.07, 6.45) is 5.42. The molecule has 1 rings (SSSR count). The lowest BCUT2D eigenvalue weighted by molar-refractivity contribution is 0.197. The van der Waals surface area contributed by atoms with Crippen LogP contribution in [0.1, 0.15) is 25.5 Å². The van der Waals surface area contributed by atoms with Crippen LogP contribution >= 0.6 is 0 Å². The molecule has 1 aromatic rings. The molecular formula is C13H25N3O. The predicted octanol–water partition coefficient (Wildman–Crippen LogP) is 1.61. The monoisotopic (exact) mass is 239 g/mol. The number of methoxy groups -OCH3 is 1. The van der Waals surface area contributed by atoms with Gasteiger partial charge in [0.05, 0.1) is 6.61 Å². The summed E-state index contributed by atoms with van der Waals surface area (Å²) in [7, 11) is 3.74. The smallest absolute Gasteiger partial charge is 0.0587 e. The molecule has 1 atom stereocenters. The van der Waals surface area contributed by atoms with Crippen molar-refractivity contribution in [2.45, 2.75) is 26.2 Å². The van der Waals surface area contributed by atoms with Crippen LogP contribution in [0.2, 0.25) is 0 Å². The summed E-state index contributed by atoms with van der Waals surface area (Å²) in [5.74, 6) is 0.738. The molecule has 4 nitrogen and oxygen atoms in total. The number of rotatable bonds is 9. The van der Waals surface area contributed by atoms with Crippen molar-refractivity contribution in [3.63, 3.8) is 0 Å². The second-order valence-corrected chi connectivity index (χ2v) is 4.46. The lowest BCUT2D eigenvalue weighted by Crippen LogP contribution is -2.26. The molecule has 1 heterocycles. The molecule has 0 amide bonds. The van der Waals surface area contributed by atoms with E-state index in [1.54, 1.807) is 7.11 Å². The fraction of sp³-hybridized carbons (Fsp3) is 0.769. The number of nitrogens with zero attached hydrogens (tertiary/aromatic N) is 2. The molecule has 0 aliphatic heterocycles. The van der Waals surface area contributed by atoms with Gasteiger partial charge in [-0.05, 0) is 31.4 Å². The fourth-order valence-electron chi connectivity index (χ4n) is 1.93. The molecular weight excluding hydrogens is 214 g/mol. The van der Waals surface area contributed by atoms with E-state index in [4.69, 9.17) is 4.74 Å². The highest BCUT2D eigenvalue weighted by Gasteiger charge is 2.07. The summed E-state index contributed by atoms with van der Waals surface area (Å²) in [5, 5.41) is 7.63. The summed E-state index contributed by atoms with van der Waals surface area (Å²) in [4.78, 5) is 0. The minimum absolute atomic E-state index is 0.738. The van der Waals surface area contributed by atoms with Gasteiger partial charge in [-0.15, -0.1) is 0 Å². The van der Waals surface area contributed by atoms with Crippen LogP contribution < -0.4 is 5.32 Å². The van der Waals surface area contributed by atoms with E-state index in [9.17, 15) is 0 Å². The largest absolute Gasteiger partial charge is 0.383 e. The van der Waals surface area contributed by atoms with E-state index in [1.807, 2.05) is 17.9 Å². The van der Waals surface area contributed by atoms with Gasteiger partial charge in [-0.25, -0.2) is 0 Å². The van der Waals surface area contributed by atoms with Crippen LogP contribution in [0, 0.1) is 5.92 Å². The average Bonchev–Trinajstić information content (AvgIpc) is 2.74. The van der Waals surface area contributed by atoms with Gasteiger partial charge in [0.15, 0.2) is 0 Å². The van der Waals surface area contributed by atoms with Crippen molar-refractivity contribution < 1.29 is 4.74 Å². The van der Waals surface area contributed by atoms with Crippen molar-refractivity contribution in [2.24, 2.45) is 13.0 Å². The van der Waals surface area contributed by atoms with Crippen molar-refractivity contribution in [3.8, 4) is 0 Å². The van der Waals surface area contributed by atoms with Gasteiger partial charge in [0.25, 0.3) is 0 Å². The van der Waals surface area contributed by atoms with Gasteiger partial charge in [-0.3, -0.25) is 4.68 Å². The first-order valence-electron chi connectivity index (χ1n) is 6.44. The van der Waals surface area contributed by atoms with Crippen molar-refractivity contribution in [2.75, 3.05) is 26.8 Å². The topological polar surface area (TPSA) is 39.1 Å². The zero-order valence-electron chi connectivity index (χ0n) is 11.3. The molecule has 0 bridgehead atoms. The molecule has 1 aromatic heterocycles. The number of ether oxygens (including phenoxy) is 1. The number of hydrogen-bond donors (Lipinski definition) is 1. The number of aromatic nitrogens is 2. The lowest BCUT2D eigenvalue weighted by Gasteiger charge is -2.15. The molecule has 0 radical (unpaired) electrons. The highest BCUT2D eigenvalue weighted by Crippen LogP contribution is 2.11. The normalized spacial score (nSPS) is 12.9. The van der Waals surface area contributed by atoms with Gasteiger partial charge < -0.3 is 10.1 Å². The van der Waals surface area contributed by atoms with Crippen molar-refractivity contribution in [1.82, 2.24) is 15.1 Å². The summed E-state index contributed by atoms with van der Waals surface area (Å²) in [6, 6.07) is 2.10. The van der Waals surface area contributed by atoms with E-state index in [-0.39, 0.29) is 0 Å². The standard InChI is InChI=1S/C13H25N3O/c1-4-12(11-14-9-10-17-3)5-6-13-7-8-15-16(13)2/h7-8,12,14H,4-6,9-11H2,1-3H3. The Hall–Kier alpha value is -0.870. The van der Waals surface area contributed by atoms with Crippen LogP contribution in [0.25, 0.3) is 0 Å². The molecule has 4 heteroatoms. The molecule has 0 aliphatic carbocycles. The Morgan fingerprint density at radius 3 is 2.94 bits per heavy atom. The maximum atomic E-state index is 5.02. The Morgan fingerprint density at radius 1 is 1.53 bits per heavy atom. The Bertz CT molecular complexity index is 299. The predicted molar refractivity (Wildman–Crippen MR) is 70.1 cm³/mol. The fourth-order valence-corrected chi connectivity index (χ4v) is 1.93. The second kappa shape index (κ2) is 8.25. The van der Waals surface area contributed by atoms with Crippen LogP contribution in [-0.2, 0) is 18.2 Å². The van der Waals surface area contributed by atoms with Crippen molar-refractivity contribution >= 4 is 0 Å². The van der Waals surface area contributed by atoms with Crippen molar-refractivity contribution in [3.05, 3.63) is 18.0 Å². The minimum atomic E-state index is 0.738. The molecule has 17 heavy (non-hydrogen) atoms. The third kappa shape index (κ3) is 5.33. The van der Waals surface area contributed by atoms with Crippen LogP contribution in [0.15, 0.2) is 12.3 Å². The molecule has 0 aromatic carbocycles. The highest BCUT2D eigenvalue weighted by atomic mass is 16.5. The van der Waals surface area contributed by atoms with Gasteiger partial charge in [0.2, 0.25) is 0 Å². The van der Waals surface area contributed by atoms with Crippen molar-refractivity contribution in [1.29, 1.82) is 0 Å². The number of hydrogen-bond acceptors (Lipinski definition) is 3. The van der Waals surface area contributed by atoms with Gasteiger partial charge >= 0.3 is 0 Å². The molecule has 0 saturated heterocycles. The maximum Gasteiger partial charge on any atom is 0.0587 e. The molecule has 0 aliphatic rings. The summed E-state index contributed by atoms with van der Waals surface area (Å²) < 4.78 is 6.98. The Balaban J connectivity index is 2.20. The van der Waals surface area contributed by atoms with E-state index in [1.165, 1.54) is 18.5 Å². The van der Waals surface area contributed by atoms with Gasteiger partial charge in [0.1, 0.15) is 0 Å². The van der Waals surface area contributed by atoms with Crippen LogP contribution in [0.4, 0.5) is 0 Å². The Labute approximate surface area is 104 Å². The summed E-state index contributed by atoms with van der Waals surface area (Å²) >= 11 is 0. The van der Waals surface area contributed by atoms with E-state index in [0.717, 1.165) is 32.0 Å². The number of aryl methyl sites for hydroxylation is 2. The summed E-state index contributed by atoms with van der Waals surface area (Å²) in [6.45, 7) is 5.07. The zero-order chi connectivity index (χ0) is 12.5. The van der Waals surface area contributed by atoms with E-state index in [0.29, 0.717) is 0 Å². The zero-order valence-corrected chi connectivity index (χ0v) is 11.3. The first-order valence-corrected chi connectivity index (χ1v) is 6.44. The SMILES string of the molecule is CCC(CCc1ccnn1C)CNCCOC. The summed E-state index contributed by atoms with van der Waals surface area (Å²) in [5.41, 5.74) is 1.32. The third-order valence-corrected chi connectivity index (χ3v) is 3.22. The van der Waals surface area contributed by atoms with Gasteiger partial charge in [0, 0.05) is 32.6 Å². The quantitative estimate of drug-likeness (QED) is 0.666.